The van der Waals surface area contributed by atoms with Crippen LogP contribution in [0.25, 0.3) is 16.9 Å². The van der Waals surface area contributed by atoms with Crippen molar-refractivity contribution >= 4 is 19.0 Å². The van der Waals surface area contributed by atoms with Crippen molar-refractivity contribution in [2.45, 2.75) is 13.8 Å². The van der Waals surface area contributed by atoms with Crippen molar-refractivity contribution in [2.24, 2.45) is 0 Å². The first-order valence-electron chi connectivity index (χ1n) is 5.83. The molecule has 0 fully saturated rings. The van der Waals surface area contributed by atoms with E-state index in [2.05, 4.69) is 29.1 Å². The molecule has 0 aliphatic heterocycles. The van der Waals surface area contributed by atoms with Gasteiger partial charge in [0.2, 0.25) is 0 Å². The van der Waals surface area contributed by atoms with Gasteiger partial charge in [0.05, 0.1) is 5.69 Å². The van der Waals surface area contributed by atoms with Crippen molar-refractivity contribution in [3.63, 3.8) is 0 Å². The molecule has 0 aliphatic carbocycles. The molecule has 0 bridgehead atoms. The Morgan fingerprint density at radius 1 is 1.17 bits per heavy atom. The largest absolute Gasteiger partial charge is 0.229 e. The zero-order chi connectivity index (χ0) is 12.7. The smallest absolute Gasteiger partial charge is 0.148 e. The Hall–Kier alpha value is -2.10. The van der Waals surface area contributed by atoms with Gasteiger partial charge >= 0.3 is 0 Å². The number of hydrogen-bond acceptors (Lipinski definition) is 2. The zero-order valence-electron chi connectivity index (χ0n) is 10.4. The molecule has 18 heavy (non-hydrogen) atoms. The standard InChI is InChI=1S/C14H12BN3/c1-9-5-3-4-6-11(9)13-7-10(2)18-14(17-13)12(15)8-16-18/h3-8H,1-2H3. The molecule has 2 heterocycles. The van der Waals surface area contributed by atoms with E-state index in [4.69, 9.17) is 7.85 Å². The molecule has 0 saturated heterocycles. The Labute approximate surface area is 107 Å². The fourth-order valence-corrected chi connectivity index (χ4v) is 2.13. The minimum atomic E-state index is 0.605. The summed E-state index contributed by atoms with van der Waals surface area (Å²) in [5.74, 6) is 0. The molecule has 2 aromatic heterocycles. The topological polar surface area (TPSA) is 30.2 Å². The van der Waals surface area contributed by atoms with E-state index in [1.807, 2.05) is 25.1 Å². The minimum absolute atomic E-state index is 0.605. The second-order valence-corrected chi connectivity index (χ2v) is 4.43. The quantitative estimate of drug-likeness (QED) is 0.600. The van der Waals surface area contributed by atoms with Gasteiger partial charge in [-0.3, -0.25) is 0 Å². The van der Waals surface area contributed by atoms with Gasteiger partial charge in [-0.05, 0) is 30.9 Å². The molecule has 4 heteroatoms. The van der Waals surface area contributed by atoms with E-state index in [-0.39, 0.29) is 0 Å². The molecular formula is C14H12BN3. The first-order valence-corrected chi connectivity index (χ1v) is 5.83. The molecule has 3 aromatic rings. The summed E-state index contributed by atoms with van der Waals surface area (Å²) in [6.07, 6.45) is 1.64. The summed E-state index contributed by atoms with van der Waals surface area (Å²) in [7, 11) is 5.88. The molecule has 0 saturated carbocycles. The van der Waals surface area contributed by atoms with Crippen LogP contribution in [-0.2, 0) is 0 Å². The number of aromatic nitrogens is 3. The highest BCUT2D eigenvalue weighted by Gasteiger charge is 2.08. The van der Waals surface area contributed by atoms with Crippen molar-refractivity contribution < 1.29 is 0 Å². The van der Waals surface area contributed by atoms with Crippen LogP contribution in [0, 0.1) is 13.8 Å². The Morgan fingerprint density at radius 3 is 2.72 bits per heavy atom. The van der Waals surface area contributed by atoms with Crippen molar-refractivity contribution in [3.8, 4) is 11.3 Å². The minimum Gasteiger partial charge on any atom is -0.229 e. The van der Waals surface area contributed by atoms with Gasteiger partial charge in [0.1, 0.15) is 13.5 Å². The van der Waals surface area contributed by atoms with E-state index in [1.165, 1.54) is 5.56 Å². The highest BCUT2D eigenvalue weighted by Crippen LogP contribution is 2.22. The maximum Gasteiger partial charge on any atom is 0.148 e. The van der Waals surface area contributed by atoms with Gasteiger partial charge < -0.3 is 0 Å². The number of nitrogens with zero attached hydrogens (tertiary/aromatic N) is 3. The van der Waals surface area contributed by atoms with Gasteiger partial charge in [-0.25, -0.2) is 9.50 Å². The number of rotatable bonds is 1. The molecule has 1 aromatic carbocycles. The second kappa shape index (κ2) is 3.98. The van der Waals surface area contributed by atoms with Gasteiger partial charge in [0.15, 0.2) is 0 Å². The normalized spacial score (nSPS) is 11.0. The predicted molar refractivity (Wildman–Crippen MR) is 73.3 cm³/mol. The fraction of sp³-hybridized carbons (Fsp3) is 0.143. The van der Waals surface area contributed by atoms with Crippen LogP contribution in [0.4, 0.5) is 0 Å². The van der Waals surface area contributed by atoms with E-state index < -0.39 is 0 Å². The van der Waals surface area contributed by atoms with Crippen LogP contribution >= 0.6 is 0 Å². The highest BCUT2D eigenvalue weighted by atomic mass is 15.2. The van der Waals surface area contributed by atoms with Gasteiger partial charge in [0.25, 0.3) is 0 Å². The third kappa shape index (κ3) is 1.61. The van der Waals surface area contributed by atoms with Crippen LogP contribution in [0.15, 0.2) is 36.5 Å². The van der Waals surface area contributed by atoms with E-state index in [0.717, 1.165) is 17.0 Å². The first-order chi connectivity index (χ1) is 8.66. The Bertz CT molecular complexity index is 731. The third-order valence-corrected chi connectivity index (χ3v) is 3.10. The summed E-state index contributed by atoms with van der Waals surface area (Å²) in [5, 5.41) is 4.20. The second-order valence-electron chi connectivity index (χ2n) is 4.43. The van der Waals surface area contributed by atoms with Crippen LogP contribution in [0.1, 0.15) is 11.3 Å². The molecule has 0 atom stereocenters. The Morgan fingerprint density at radius 2 is 1.94 bits per heavy atom. The lowest BCUT2D eigenvalue weighted by Gasteiger charge is -2.07. The van der Waals surface area contributed by atoms with Gasteiger partial charge in [-0.15, -0.1) is 0 Å². The lowest BCUT2D eigenvalue weighted by atomic mass is 10.00. The third-order valence-electron chi connectivity index (χ3n) is 3.10. The van der Waals surface area contributed by atoms with Gasteiger partial charge in [-0.1, -0.05) is 24.3 Å². The monoisotopic (exact) mass is 233 g/mol. The molecule has 3 nitrogen and oxygen atoms in total. The maximum absolute atomic E-state index is 5.88. The van der Waals surface area contributed by atoms with E-state index in [1.54, 1.807) is 10.7 Å². The van der Waals surface area contributed by atoms with E-state index in [9.17, 15) is 0 Å². The van der Waals surface area contributed by atoms with Crippen LogP contribution in [0.5, 0.6) is 0 Å². The SMILES string of the molecule is [B]c1cnn2c(C)cc(-c3ccccc3C)nc12. The molecule has 2 radical (unpaired) electrons. The number of aryl methyl sites for hydroxylation is 2. The molecule has 0 unspecified atom stereocenters. The predicted octanol–water partition coefficient (Wildman–Crippen LogP) is 1.81. The summed E-state index contributed by atoms with van der Waals surface area (Å²) in [5.41, 5.74) is 5.61. The summed E-state index contributed by atoms with van der Waals surface area (Å²) in [6, 6.07) is 10.2. The molecule has 3 rings (SSSR count). The van der Waals surface area contributed by atoms with Crippen molar-refractivity contribution in [1.82, 2.24) is 14.6 Å². The molecule has 0 spiro atoms. The maximum atomic E-state index is 5.88. The zero-order valence-corrected chi connectivity index (χ0v) is 10.4. The van der Waals surface area contributed by atoms with E-state index >= 15 is 0 Å². The summed E-state index contributed by atoms with van der Waals surface area (Å²) in [4.78, 5) is 4.60. The van der Waals surface area contributed by atoms with Gasteiger partial charge in [0, 0.05) is 17.5 Å². The summed E-state index contributed by atoms with van der Waals surface area (Å²) < 4.78 is 1.76. The Kier molecular flexibility index (Phi) is 2.44. The number of benzene rings is 1. The average molecular weight is 233 g/mol. The van der Waals surface area contributed by atoms with Crippen LogP contribution in [0.3, 0.4) is 0 Å². The average Bonchev–Trinajstić information content (AvgIpc) is 2.72. The summed E-state index contributed by atoms with van der Waals surface area (Å²) in [6.45, 7) is 4.08. The summed E-state index contributed by atoms with van der Waals surface area (Å²) >= 11 is 0. The van der Waals surface area contributed by atoms with Crippen LogP contribution < -0.4 is 5.46 Å². The Balaban J connectivity index is 2.31. The lowest BCUT2D eigenvalue weighted by Crippen LogP contribution is -2.05. The van der Waals surface area contributed by atoms with Crippen LogP contribution in [0.2, 0.25) is 0 Å². The van der Waals surface area contributed by atoms with Crippen molar-refractivity contribution in [1.29, 1.82) is 0 Å². The molecular weight excluding hydrogens is 221 g/mol. The van der Waals surface area contributed by atoms with E-state index in [0.29, 0.717) is 11.1 Å². The van der Waals surface area contributed by atoms with Crippen molar-refractivity contribution in [3.05, 3.63) is 47.8 Å². The van der Waals surface area contributed by atoms with Gasteiger partial charge in [-0.2, -0.15) is 5.10 Å². The molecule has 0 amide bonds. The van der Waals surface area contributed by atoms with Crippen LogP contribution in [-0.4, -0.2) is 22.4 Å². The number of fused-ring (bicyclic) bond motifs is 1. The molecule has 0 N–H and O–H groups in total. The number of hydrogen-bond donors (Lipinski definition) is 0. The molecule has 86 valence electrons. The molecule has 0 aliphatic rings. The lowest BCUT2D eigenvalue weighted by molar-refractivity contribution is 0.896. The van der Waals surface area contributed by atoms with Crippen molar-refractivity contribution in [2.75, 3.05) is 0 Å². The fourth-order valence-electron chi connectivity index (χ4n) is 2.13. The highest BCUT2D eigenvalue weighted by molar-refractivity contribution is 6.36. The first kappa shape index (κ1) is 11.0.